The molecular weight excluding hydrogens is 402 g/mol. The number of allylic oxidation sites excluding steroid dienone is 1. The van der Waals surface area contributed by atoms with Crippen LogP contribution in [0.15, 0.2) is 53.5 Å². The number of carbonyl (C=O) groups excluding carboxylic acids is 1. The van der Waals surface area contributed by atoms with E-state index < -0.39 is 0 Å². The number of rotatable bonds is 4. The third-order valence-electron chi connectivity index (χ3n) is 5.15. The number of hydrogen-bond acceptors (Lipinski definition) is 2. The molecule has 0 spiro atoms. The van der Waals surface area contributed by atoms with Crippen molar-refractivity contribution < 1.29 is 4.79 Å². The minimum absolute atomic E-state index is 0.0671. The van der Waals surface area contributed by atoms with Crippen molar-refractivity contribution in [1.29, 1.82) is 0 Å². The fraction of sp³-hybridized carbons (Fsp3) is 0.273. The normalized spacial score (nSPS) is 17.1. The Morgan fingerprint density at radius 2 is 2.04 bits per heavy atom. The number of halogens is 1. The van der Waals surface area contributed by atoms with E-state index in [-0.39, 0.29) is 11.8 Å². The van der Waals surface area contributed by atoms with E-state index in [1.54, 1.807) is 0 Å². The Morgan fingerprint density at radius 1 is 1.26 bits per heavy atom. The molecule has 0 saturated carbocycles. The van der Waals surface area contributed by atoms with Crippen molar-refractivity contribution in [3.05, 3.63) is 70.5 Å². The molecule has 0 bridgehead atoms. The lowest BCUT2D eigenvalue weighted by molar-refractivity contribution is -0.117. The number of aromatic nitrogens is 2. The zero-order valence-electron chi connectivity index (χ0n) is 15.6. The number of fused-ring (bicyclic) bond motifs is 1. The Bertz CT molecular complexity index is 1050. The van der Waals surface area contributed by atoms with Gasteiger partial charge in [-0.25, -0.2) is 4.98 Å². The molecular formula is C22H22BrN3O. The van der Waals surface area contributed by atoms with Crippen LogP contribution in [0, 0.1) is 13.8 Å². The van der Waals surface area contributed by atoms with Crippen molar-refractivity contribution in [1.82, 2.24) is 9.55 Å². The summed E-state index contributed by atoms with van der Waals surface area (Å²) >= 11 is 3.48. The minimum Gasteiger partial charge on any atom is -0.323 e. The van der Waals surface area contributed by atoms with Crippen LogP contribution >= 0.6 is 15.9 Å². The molecule has 1 fully saturated rings. The lowest BCUT2D eigenvalue weighted by Gasteiger charge is -2.20. The highest BCUT2D eigenvalue weighted by atomic mass is 79.9. The SMILES string of the molecule is C=C(Br)Cn1c(C2CC(=O)N(c3ccc(C)cc3C)C2)nc2ccccc21. The van der Waals surface area contributed by atoms with Gasteiger partial charge in [-0.05, 0) is 37.6 Å². The van der Waals surface area contributed by atoms with E-state index in [0.29, 0.717) is 19.5 Å². The van der Waals surface area contributed by atoms with E-state index in [0.717, 1.165) is 32.6 Å². The maximum atomic E-state index is 12.8. The molecule has 1 aliphatic heterocycles. The highest BCUT2D eigenvalue weighted by molar-refractivity contribution is 9.11. The second-order valence-electron chi connectivity index (χ2n) is 7.26. The molecule has 3 aromatic rings. The fourth-order valence-corrected chi connectivity index (χ4v) is 4.22. The number of nitrogens with zero attached hydrogens (tertiary/aromatic N) is 3. The van der Waals surface area contributed by atoms with E-state index >= 15 is 0 Å². The quantitative estimate of drug-likeness (QED) is 0.586. The van der Waals surface area contributed by atoms with E-state index in [1.165, 1.54) is 5.56 Å². The van der Waals surface area contributed by atoms with Crippen molar-refractivity contribution >= 4 is 38.6 Å². The molecule has 1 unspecified atom stereocenters. The highest BCUT2D eigenvalue weighted by Gasteiger charge is 2.35. The van der Waals surface area contributed by atoms with Gasteiger partial charge < -0.3 is 9.47 Å². The molecule has 1 atom stereocenters. The zero-order chi connectivity index (χ0) is 19.1. The van der Waals surface area contributed by atoms with Crippen molar-refractivity contribution in [3.8, 4) is 0 Å². The predicted molar refractivity (Wildman–Crippen MR) is 113 cm³/mol. The van der Waals surface area contributed by atoms with Crippen LogP contribution < -0.4 is 4.90 Å². The smallest absolute Gasteiger partial charge is 0.227 e. The summed E-state index contributed by atoms with van der Waals surface area (Å²) < 4.78 is 3.07. The Kier molecular flexibility index (Phi) is 4.64. The molecule has 2 heterocycles. The number of amides is 1. The first-order chi connectivity index (χ1) is 12.9. The number of carbonyl (C=O) groups is 1. The average molecular weight is 424 g/mol. The third kappa shape index (κ3) is 3.32. The van der Waals surface area contributed by atoms with Gasteiger partial charge in [0.1, 0.15) is 5.82 Å². The molecule has 2 aromatic carbocycles. The van der Waals surface area contributed by atoms with Crippen LogP contribution in [0.5, 0.6) is 0 Å². The highest BCUT2D eigenvalue weighted by Crippen LogP contribution is 2.35. The maximum Gasteiger partial charge on any atom is 0.227 e. The zero-order valence-corrected chi connectivity index (χ0v) is 17.2. The van der Waals surface area contributed by atoms with Crippen LogP contribution in [-0.2, 0) is 11.3 Å². The fourth-order valence-electron chi connectivity index (χ4n) is 3.97. The summed E-state index contributed by atoms with van der Waals surface area (Å²) in [4.78, 5) is 19.6. The van der Waals surface area contributed by atoms with Crippen LogP contribution in [0.2, 0.25) is 0 Å². The number of hydrogen-bond donors (Lipinski definition) is 0. The largest absolute Gasteiger partial charge is 0.323 e. The predicted octanol–water partition coefficient (Wildman–Crippen LogP) is 5.08. The van der Waals surface area contributed by atoms with Crippen molar-refractivity contribution in [2.75, 3.05) is 11.4 Å². The van der Waals surface area contributed by atoms with Gasteiger partial charge in [0.15, 0.2) is 0 Å². The van der Waals surface area contributed by atoms with Gasteiger partial charge in [0.05, 0.1) is 17.6 Å². The second kappa shape index (κ2) is 6.97. The van der Waals surface area contributed by atoms with Gasteiger partial charge >= 0.3 is 0 Å². The van der Waals surface area contributed by atoms with Crippen molar-refractivity contribution in [2.45, 2.75) is 32.7 Å². The van der Waals surface area contributed by atoms with Crippen molar-refractivity contribution in [3.63, 3.8) is 0 Å². The molecule has 1 amide bonds. The molecule has 0 radical (unpaired) electrons. The molecule has 1 aliphatic rings. The first kappa shape index (κ1) is 18.0. The molecule has 0 aliphatic carbocycles. The lowest BCUT2D eigenvalue weighted by atomic mass is 10.1. The van der Waals surface area contributed by atoms with Crippen LogP contribution in [-0.4, -0.2) is 22.0 Å². The van der Waals surface area contributed by atoms with Crippen LogP contribution in [0.4, 0.5) is 5.69 Å². The van der Waals surface area contributed by atoms with Gasteiger partial charge in [0.2, 0.25) is 5.91 Å². The summed E-state index contributed by atoms with van der Waals surface area (Å²) in [5.41, 5.74) is 5.37. The number of para-hydroxylation sites is 2. The Morgan fingerprint density at radius 3 is 2.78 bits per heavy atom. The van der Waals surface area contributed by atoms with Crippen LogP contribution in [0.25, 0.3) is 11.0 Å². The van der Waals surface area contributed by atoms with Gasteiger partial charge in [-0.1, -0.05) is 52.3 Å². The van der Waals surface area contributed by atoms with Crippen LogP contribution in [0.1, 0.15) is 29.3 Å². The van der Waals surface area contributed by atoms with E-state index in [9.17, 15) is 4.79 Å². The third-order valence-corrected chi connectivity index (χ3v) is 5.40. The van der Waals surface area contributed by atoms with Gasteiger partial charge in [0, 0.05) is 29.1 Å². The van der Waals surface area contributed by atoms with Crippen molar-refractivity contribution in [2.24, 2.45) is 0 Å². The summed E-state index contributed by atoms with van der Waals surface area (Å²) in [6, 6.07) is 14.3. The molecule has 27 heavy (non-hydrogen) atoms. The summed E-state index contributed by atoms with van der Waals surface area (Å²) in [6.07, 6.45) is 0.478. The first-order valence-electron chi connectivity index (χ1n) is 9.10. The molecule has 1 aromatic heterocycles. The van der Waals surface area contributed by atoms with Gasteiger partial charge in [0.25, 0.3) is 0 Å². The molecule has 1 saturated heterocycles. The maximum absolute atomic E-state index is 12.8. The van der Waals surface area contributed by atoms with E-state index in [2.05, 4.69) is 59.1 Å². The standard InChI is InChI=1S/C22H22BrN3O/c1-14-8-9-19(15(2)10-14)25-13-17(11-21(25)27)22-24-18-6-4-5-7-20(18)26(22)12-16(3)23/h4-10,17H,3,11-13H2,1-2H3. The number of aryl methyl sites for hydroxylation is 2. The summed E-state index contributed by atoms with van der Waals surface area (Å²) in [5.74, 6) is 1.18. The summed E-state index contributed by atoms with van der Waals surface area (Å²) in [6.45, 7) is 9.42. The number of benzene rings is 2. The minimum atomic E-state index is 0.0671. The lowest BCUT2D eigenvalue weighted by Crippen LogP contribution is -2.25. The first-order valence-corrected chi connectivity index (χ1v) is 9.89. The monoisotopic (exact) mass is 423 g/mol. The topological polar surface area (TPSA) is 38.1 Å². The molecule has 138 valence electrons. The Balaban J connectivity index is 1.72. The number of imidazole rings is 1. The summed E-state index contributed by atoms with van der Waals surface area (Å²) in [7, 11) is 0. The second-order valence-corrected chi connectivity index (χ2v) is 8.38. The molecule has 4 rings (SSSR count). The van der Waals surface area contributed by atoms with Crippen LogP contribution in [0.3, 0.4) is 0 Å². The van der Waals surface area contributed by atoms with E-state index in [4.69, 9.17) is 4.98 Å². The molecule has 5 heteroatoms. The van der Waals surface area contributed by atoms with E-state index in [1.807, 2.05) is 29.2 Å². The van der Waals surface area contributed by atoms with Gasteiger partial charge in [-0.2, -0.15) is 0 Å². The van der Waals surface area contributed by atoms with Gasteiger partial charge in [-0.15, -0.1) is 0 Å². The molecule has 4 nitrogen and oxygen atoms in total. The molecule has 0 N–H and O–H groups in total. The average Bonchev–Trinajstić information content (AvgIpc) is 3.16. The Labute approximate surface area is 167 Å². The van der Waals surface area contributed by atoms with Gasteiger partial charge in [-0.3, -0.25) is 4.79 Å². The summed E-state index contributed by atoms with van der Waals surface area (Å²) in [5, 5.41) is 0. The Hall–Kier alpha value is -2.40. The number of anilines is 1.